The minimum atomic E-state index is 0.152. The molecule has 21 heavy (non-hydrogen) atoms. The van der Waals surface area contributed by atoms with Gasteiger partial charge in [-0.3, -0.25) is 4.79 Å². The number of halogens is 1. The minimum Gasteiger partial charge on any atom is -0.342 e. The third-order valence-corrected chi connectivity index (χ3v) is 5.16. The lowest BCUT2D eigenvalue weighted by Gasteiger charge is -2.38. The van der Waals surface area contributed by atoms with Gasteiger partial charge in [0.2, 0.25) is 0 Å². The largest absolute Gasteiger partial charge is 0.342 e. The second-order valence-corrected chi connectivity index (χ2v) is 7.96. The summed E-state index contributed by atoms with van der Waals surface area (Å²) in [6.07, 6.45) is 7.68. The van der Waals surface area contributed by atoms with E-state index in [1.54, 1.807) is 0 Å². The van der Waals surface area contributed by atoms with E-state index in [0.717, 1.165) is 36.0 Å². The Morgan fingerprint density at radius 1 is 1.43 bits per heavy atom. The molecule has 1 fully saturated rings. The van der Waals surface area contributed by atoms with Crippen LogP contribution < -0.4 is 0 Å². The molecular weight excluding hydrogens is 328 g/mol. The van der Waals surface area contributed by atoms with Crippen LogP contribution in [0.2, 0.25) is 0 Å². The number of aromatic nitrogens is 1. The van der Waals surface area contributed by atoms with Gasteiger partial charge in [0.15, 0.2) is 0 Å². The maximum Gasteiger partial charge on any atom is 0.270 e. The highest BCUT2D eigenvalue weighted by Gasteiger charge is 2.31. The van der Waals surface area contributed by atoms with Crippen molar-refractivity contribution in [2.45, 2.75) is 65.5 Å². The van der Waals surface area contributed by atoms with Crippen molar-refractivity contribution in [1.82, 2.24) is 9.47 Å². The van der Waals surface area contributed by atoms with Crippen LogP contribution in [0.4, 0.5) is 0 Å². The van der Waals surface area contributed by atoms with Crippen molar-refractivity contribution in [3.05, 3.63) is 22.4 Å². The third kappa shape index (κ3) is 3.91. The molecule has 4 heteroatoms. The van der Waals surface area contributed by atoms with E-state index in [-0.39, 0.29) is 5.91 Å². The highest BCUT2D eigenvalue weighted by atomic mass is 79.9. The van der Waals surface area contributed by atoms with Crippen molar-refractivity contribution in [3.63, 3.8) is 0 Å². The number of nitrogens with zero attached hydrogens (tertiary/aromatic N) is 2. The lowest BCUT2D eigenvalue weighted by Crippen LogP contribution is -2.41. The van der Waals surface area contributed by atoms with E-state index >= 15 is 0 Å². The van der Waals surface area contributed by atoms with Crippen molar-refractivity contribution in [3.8, 4) is 0 Å². The van der Waals surface area contributed by atoms with Crippen molar-refractivity contribution >= 4 is 21.8 Å². The lowest BCUT2D eigenvalue weighted by atomic mass is 9.75. The zero-order valence-corrected chi connectivity index (χ0v) is 15.2. The number of amides is 1. The fraction of sp³-hybridized carbons (Fsp3) is 0.706. The van der Waals surface area contributed by atoms with Crippen molar-refractivity contribution in [2.75, 3.05) is 7.05 Å². The van der Waals surface area contributed by atoms with Crippen LogP contribution in [-0.4, -0.2) is 28.5 Å². The SMILES string of the molecule is CCCn1cc(Br)cc1C(=O)N(C)C1CCC(C)(C)CC1. The second-order valence-electron chi connectivity index (χ2n) is 7.05. The maximum absolute atomic E-state index is 12.8. The van der Waals surface area contributed by atoms with E-state index in [4.69, 9.17) is 0 Å². The number of carbonyl (C=O) groups excluding carboxylic acids is 1. The Morgan fingerprint density at radius 2 is 2.05 bits per heavy atom. The molecule has 1 aliphatic carbocycles. The van der Waals surface area contributed by atoms with Gasteiger partial charge in [-0.05, 0) is 59.5 Å². The molecule has 1 aromatic heterocycles. The van der Waals surface area contributed by atoms with Gasteiger partial charge in [0, 0.05) is 30.3 Å². The van der Waals surface area contributed by atoms with Crippen LogP contribution in [0.15, 0.2) is 16.7 Å². The van der Waals surface area contributed by atoms with Gasteiger partial charge in [-0.1, -0.05) is 20.8 Å². The number of rotatable bonds is 4. The Morgan fingerprint density at radius 3 is 2.62 bits per heavy atom. The molecule has 1 saturated carbocycles. The van der Waals surface area contributed by atoms with Crippen LogP contribution in [-0.2, 0) is 6.54 Å². The Balaban J connectivity index is 2.09. The lowest BCUT2D eigenvalue weighted by molar-refractivity contribution is 0.0624. The quantitative estimate of drug-likeness (QED) is 0.768. The van der Waals surface area contributed by atoms with E-state index in [1.165, 1.54) is 12.8 Å². The topological polar surface area (TPSA) is 25.2 Å². The minimum absolute atomic E-state index is 0.152. The zero-order chi connectivity index (χ0) is 15.6. The average molecular weight is 355 g/mol. The van der Waals surface area contributed by atoms with Gasteiger partial charge in [0.1, 0.15) is 5.69 Å². The molecule has 2 rings (SSSR count). The summed E-state index contributed by atoms with van der Waals surface area (Å²) in [6.45, 7) is 7.68. The fourth-order valence-corrected chi connectivity index (χ4v) is 3.66. The van der Waals surface area contributed by atoms with Crippen LogP contribution in [0, 0.1) is 5.41 Å². The monoisotopic (exact) mass is 354 g/mol. The van der Waals surface area contributed by atoms with Gasteiger partial charge in [0.05, 0.1) is 0 Å². The summed E-state index contributed by atoms with van der Waals surface area (Å²) in [7, 11) is 1.96. The fourth-order valence-electron chi connectivity index (χ4n) is 3.20. The van der Waals surface area contributed by atoms with Crippen molar-refractivity contribution < 1.29 is 4.79 Å². The Labute approximate surface area is 136 Å². The summed E-state index contributed by atoms with van der Waals surface area (Å²) in [5, 5.41) is 0. The summed E-state index contributed by atoms with van der Waals surface area (Å²) in [5.41, 5.74) is 1.24. The molecule has 0 unspecified atom stereocenters. The first-order chi connectivity index (χ1) is 9.84. The van der Waals surface area contributed by atoms with Crippen molar-refractivity contribution in [2.24, 2.45) is 5.41 Å². The van der Waals surface area contributed by atoms with Crippen LogP contribution >= 0.6 is 15.9 Å². The Bertz CT molecular complexity index is 497. The predicted octanol–water partition coefficient (Wildman–Crippen LogP) is 4.70. The molecule has 0 N–H and O–H groups in total. The molecule has 0 atom stereocenters. The third-order valence-electron chi connectivity index (χ3n) is 4.72. The summed E-state index contributed by atoms with van der Waals surface area (Å²) >= 11 is 3.49. The van der Waals surface area contributed by atoms with E-state index in [1.807, 2.05) is 24.2 Å². The number of carbonyl (C=O) groups is 1. The molecular formula is C17H27BrN2O. The van der Waals surface area contributed by atoms with Gasteiger partial charge in [-0.25, -0.2) is 0 Å². The smallest absolute Gasteiger partial charge is 0.270 e. The summed E-state index contributed by atoms with van der Waals surface area (Å²) in [4.78, 5) is 14.8. The Hall–Kier alpha value is -0.770. The molecule has 3 nitrogen and oxygen atoms in total. The molecule has 1 aliphatic rings. The molecule has 118 valence electrons. The van der Waals surface area contributed by atoms with E-state index < -0.39 is 0 Å². The van der Waals surface area contributed by atoms with Gasteiger partial charge in [-0.15, -0.1) is 0 Å². The van der Waals surface area contributed by atoms with E-state index in [9.17, 15) is 4.79 Å². The first kappa shape index (κ1) is 16.6. The second kappa shape index (κ2) is 6.55. The molecule has 0 aliphatic heterocycles. The molecule has 0 saturated heterocycles. The number of aryl methyl sites for hydroxylation is 1. The predicted molar refractivity (Wildman–Crippen MR) is 90.6 cm³/mol. The van der Waals surface area contributed by atoms with Crippen LogP contribution in [0.25, 0.3) is 0 Å². The zero-order valence-electron chi connectivity index (χ0n) is 13.7. The normalized spacial score (nSPS) is 18.7. The first-order valence-corrected chi connectivity index (χ1v) is 8.76. The summed E-state index contributed by atoms with van der Waals surface area (Å²) in [5.74, 6) is 0.152. The molecule has 0 bridgehead atoms. The van der Waals surface area contributed by atoms with Gasteiger partial charge >= 0.3 is 0 Å². The Kier molecular flexibility index (Phi) is 5.18. The highest BCUT2D eigenvalue weighted by molar-refractivity contribution is 9.10. The molecule has 1 aromatic rings. The first-order valence-electron chi connectivity index (χ1n) is 7.97. The van der Waals surface area contributed by atoms with E-state index in [0.29, 0.717) is 11.5 Å². The number of hydrogen-bond acceptors (Lipinski definition) is 1. The van der Waals surface area contributed by atoms with Crippen LogP contribution in [0.3, 0.4) is 0 Å². The molecule has 1 amide bonds. The average Bonchev–Trinajstić information content (AvgIpc) is 2.78. The number of hydrogen-bond donors (Lipinski definition) is 0. The standard InChI is InChI=1S/C17H27BrN2O/c1-5-10-20-12-13(18)11-15(20)16(21)19(4)14-6-8-17(2,3)9-7-14/h11-12,14H,5-10H2,1-4H3. The van der Waals surface area contributed by atoms with Gasteiger partial charge < -0.3 is 9.47 Å². The molecule has 0 aromatic carbocycles. The van der Waals surface area contributed by atoms with Crippen LogP contribution in [0.1, 0.15) is 63.4 Å². The van der Waals surface area contributed by atoms with Crippen molar-refractivity contribution in [1.29, 1.82) is 0 Å². The highest BCUT2D eigenvalue weighted by Crippen LogP contribution is 2.37. The van der Waals surface area contributed by atoms with Gasteiger partial charge in [0.25, 0.3) is 5.91 Å². The maximum atomic E-state index is 12.8. The molecule has 0 spiro atoms. The summed E-state index contributed by atoms with van der Waals surface area (Å²) < 4.78 is 3.05. The molecule has 1 heterocycles. The van der Waals surface area contributed by atoms with E-state index in [2.05, 4.69) is 41.3 Å². The van der Waals surface area contributed by atoms with Gasteiger partial charge in [-0.2, -0.15) is 0 Å². The summed E-state index contributed by atoms with van der Waals surface area (Å²) in [6, 6.07) is 2.33. The molecule has 0 radical (unpaired) electrons. The van der Waals surface area contributed by atoms with Crippen LogP contribution in [0.5, 0.6) is 0 Å².